The van der Waals surface area contributed by atoms with Crippen LogP contribution >= 0.6 is 15.9 Å². The molecule has 1 fully saturated rings. The second kappa shape index (κ2) is 5.71. The fraction of sp³-hybridized carbons (Fsp3) is 0.462. The molecule has 98 valence electrons. The molecule has 0 spiro atoms. The maximum Gasteiger partial charge on any atom is 0.122 e. The van der Waals surface area contributed by atoms with Gasteiger partial charge in [0, 0.05) is 36.3 Å². The zero-order valence-corrected chi connectivity index (χ0v) is 12.0. The van der Waals surface area contributed by atoms with Gasteiger partial charge in [-0.25, -0.2) is 0 Å². The van der Waals surface area contributed by atoms with Gasteiger partial charge in [-0.15, -0.1) is 0 Å². The Balaban J connectivity index is 2.19. The summed E-state index contributed by atoms with van der Waals surface area (Å²) in [5, 5.41) is 7.43. The zero-order chi connectivity index (χ0) is 13.1. The number of rotatable bonds is 3. The first-order valence-corrected chi connectivity index (χ1v) is 6.83. The number of nitrogens with one attached hydrogen (secondary N) is 1. The summed E-state index contributed by atoms with van der Waals surface area (Å²) in [7, 11) is 2.10. The van der Waals surface area contributed by atoms with E-state index < -0.39 is 0 Å². The highest BCUT2D eigenvalue weighted by Gasteiger charge is 2.20. The van der Waals surface area contributed by atoms with Gasteiger partial charge < -0.3 is 15.4 Å². The highest BCUT2D eigenvalue weighted by Crippen LogP contribution is 2.29. The van der Waals surface area contributed by atoms with E-state index in [1.807, 2.05) is 18.2 Å². The van der Waals surface area contributed by atoms with Crippen molar-refractivity contribution in [3.63, 3.8) is 0 Å². The lowest BCUT2D eigenvalue weighted by Crippen LogP contribution is -2.36. The fourth-order valence-corrected chi connectivity index (χ4v) is 2.89. The van der Waals surface area contributed by atoms with Crippen LogP contribution in [0.4, 0.5) is 5.69 Å². The summed E-state index contributed by atoms with van der Waals surface area (Å²) >= 11 is 3.56. The first kappa shape index (κ1) is 13.4. The average molecular weight is 312 g/mol. The number of halogens is 1. The molecule has 1 aliphatic rings. The Morgan fingerprint density at radius 2 is 2.11 bits per heavy atom. The number of ether oxygens (including phenoxy) is 1. The molecule has 3 N–H and O–H groups in total. The van der Waals surface area contributed by atoms with Crippen LogP contribution in [0.3, 0.4) is 0 Å². The van der Waals surface area contributed by atoms with Gasteiger partial charge >= 0.3 is 0 Å². The Morgan fingerprint density at radius 3 is 2.67 bits per heavy atom. The number of nitrogen functional groups attached to an aromatic ring is 1. The monoisotopic (exact) mass is 311 g/mol. The van der Waals surface area contributed by atoms with Gasteiger partial charge in [0.05, 0.1) is 5.69 Å². The summed E-state index contributed by atoms with van der Waals surface area (Å²) in [5.41, 5.74) is 7.36. The molecule has 5 heteroatoms. The van der Waals surface area contributed by atoms with Gasteiger partial charge in [-0.05, 0) is 47.0 Å². The van der Waals surface area contributed by atoms with Crippen LogP contribution < -0.4 is 10.6 Å². The van der Waals surface area contributed by atoms with E-state index >= 15 is 0 Å². The normalized spacial score (nSPS) is 16.6. The Hall–Kier alpha value is -1.07. The van der Waals surface area contributed by atoms with Crippen molar-refractivity contribution in [1.29, 1.82) is 5.41 Å². The highest BCUT2D eigenvalue weighted by atomic mass is 79.9. The Bertz CT molecular complexity index is 444. The van der Waals surface area contributed by atoms with E-state index in [1.165, 1.54) is 0 Å². The van der Waals surface area contributed by atoms with Gasteiger partial charge in [0.1, 0.15) is 5.84 Å². The molecule has 18 heavy (non-hydrogen) atoms. The Morgan fingerprint density at radius 1 is 1.44 bits per heavy atom. The van der Waals surface area contributed by atoms with Crippen molar-refractivity contribution in [3.8, 4) is 0 Å². The van der Waals surface area contributed by atoms with Crippen molar-refractivity contribution >= 4 is 27.5 Å². The largest absolute Gasteiger partial charge is 0.384 e. The van der Waals surface area contributed by atoms with E-state index in [1.54, 1.807) is 0 Å². The number of nitrogens with zero attached hydrogens (tertiary/aromatic N) is 1. The van der Waals surface area contributed by atoms with Gasteiger partial charge in [0.15, 0.2) is 0 Å². The molecule has 4 nitrogen and oxygen atoms in total. The fourth-order valence-electron chi connectivity index (χ4n) is 2.23. The van der Waals surface area contributed by atoms with Crippen LogP contribution in [0.5, 0.6) is 0 Å². The molecule has 0 saturated carbocycles. The Labute approximate surface area is 116 Å². The highest BCUT2D eigenvalue weighted by molar-refractivity contribution is 9.10. The molecule has 1 aromatic rings. The molecule has 0 radical (unpaired) electrons. The number of benzene rings is 1. The Kier molecular flexibility index (Phi) is 4.24. The predicted octanol–water partition coefficient (Wildman–Crippen LogP) is 2.35. The minimum Gasteiger partial charge on any atom is -0.384 e. The molecule has 0 amide bonds. The average Bonchev–Trinajstić information content (AvgIpc) is 2.38. The van der Waals surface area contributed by atoms with Crippen LogP contribution in [0.15, 0.2) is 22.7 Å². The number of anilines is 1. The molecule has 1 aliphatic heterocycles. The second-order valence-corrected chi connectivity index (χ2v) is 5.39. The molecular weight excluding hydrogens is 294 g/mol. The molecule has 1 saturated heterocycles. The molecule has 1 heterocycles. The van der Waals surface area contributed by atoms with Gasteiger partial charge in [0.25, 0.3) is 0 Å². The SMILES string of the molecule is CN(c1ccc(C(=N)N)cc1Br)C1CCOCC1. The van der Waals surface area contributed by atoms with E-state index in [-0.39, 0.29) is 5.84 Å². The third kappa shape index (κ3) is 2.84. The van der Waals surface area contributed by atoms with Crippen molar-refractivity contribution in [2.24, 2.45) is 5.73 Å². The summed E-state index contributed by atoms with van der Waals surface area (Å²) < 4.78 is 6.36. The lowest BCUT2D eigenvalue weighted by molar-refractivity contribution is 0.0854. The number of hydrogen-bond acceptors (Lipinski definition) is 3. The molecule has 0 bridgehead atoms. The van der Waals surface area contributed by atoms with E-state index in [2.05, 4.69) is 27.9 Å². The summed E-state index contributed by atoms with van der Waals surface area (Å²) in [6, 6.07) is 6.31. The van der Waals surface area contributed by atoms with E-state index in [0.29, 0.717) is 6.04 Å². The second-order valence-electron chi connectivity index (χ2n) is 4.53. The maximum atomic E-state index is 7.43. The first-order valence-electron chi connectivity index (χ1n) is 6.04. The third-order valence-electron chi connectivity index (χ3n) is 3.38. The molecule has 0 atom stereocenters. The lowest BCUT2D eigenvalue weighted by Gasteiger charge is -2.33. The predicted molar refractivity (Wildman–Crippen MR) is 77.4 cm³/mol. The van der Waals surface area contributed by atoms with Gasteiger partial charge in [-0.1, -0.05) is 0 Å². The molecule has 1 aromatic carbocycles. The van der Waals surface area contributed by atoms with E-state index in [0.717, 1.165) is 41.8 Å². The molecule has 0 aliphatic carbocycles. The van der Waals surface area contributed by atoms with Crippen molar-refractivity contribution in [2.45, 2.75) is 18.9 Å². The van der Waals surface area contributed by atoms with Crippen LogP contribution in [0.2, 0.25) is 0 Å². The summed E-state index contributed by atoms with van der Waals surface area (Å²) in [6.07, 6.45) is 2.11. The van der Waals surface area contributed by atoms with Crippen molar-refractivity contribution in [2.75, 3.05) is 25.2 Å². The molecular formula is C13H18BrN3O. The van der Waals surface area contributed by atoms with Gasteiger partial charge in [0.2, 0.25) is 0 Å². The molecule has 2 rings (SSSR count). The maximum absolute atomic E-state index is 7.43. The van der Waals surface area contributed by atoms with Gasteiger partial charge in [-0.2, -0.15) is 0 Å². The summed E-state index contributed by atoms with van der Waals surface area (Å²) in [5.74, 6) is 0.0935. The van der Waals surface area contributed by atoms with Crippen LogP contribution in [-0.4, -0.2) is 32.1 Å². The lowest BCUT2D eigenvalue weighted by atomic mass is 10.1. The smallest absolute Gasteiger partial charge is 0.122 e. The minimum atomic E-state index is 0.0935. The quantitative estimate of drug-likeness (QED) is 0.665. The number of hydrogen-bond donors (Lipinski definition) is 2. The molecule has 0 unspecified atom stereocenters. The van der Waals surface area contributed by atoms with Crippen molar-refractivity contribution in [3.05, 3.63) is 28.2 Å². The third-order valence-corrected chi connectivity index (χ3v) is 4.01. The van der Waals surface area contributed by atoms with Crippen LogP contribution in [-0.2, 0) is 4.74 Å². The number of amidine groups is 1. The number of nitrogens with two attached hydrogens (primary N) is 1. The van der Waals surface area contributed by atoms with E-state index in [9.17, 15) is 0 Å². The van der Waals surface area contributed by atoms with Crippen LogP contribution in [0.1, 0.15) is 18.4 Å². The van der Waals surface area contributed by atoms with Crippen molar-refractivity contribution in [1.82, 2.24) is 0 Å². The van der Waals surface area contributed by atoms with Crippen LogP contribution in [0, 0.1) is 5.41 Å². The van der Waals surface area contributed by atoms with Crippen molar-refractivity contribution < 1.29 is 4.74 Å². The van der Waals surface area contributed by atoms with Crippen LogP contribution in [0.25, 0.3) is 0 Å². The van der Waals surface area contributed by atoms with Gasteiger partial charge in [-0.3, -0.25) is 5.41 Å². The van der Waals surface area contributed by atoms with E-state index in [4.69, 9.17) is 15.9 Å². The summed E-state index contributed by atoms with van der Waals surface area (Å²) in [4.78, 5) is 2.27. The topological polar surface area (TPSA) is 62.3 Å². The zero-order valence-electron chi connectivity index (χ0n) is 10.4. The molecule has 0 aromatic heterocycles. The first-order chi connectivity index (χ1) is 8.59. The standard InChI is InChI=1S/C13H18BrN3O/c1-17(10-4-6-18-7-5-10)12-3-2-9(13(15)16)8-11(12)14/h2-3,8,10H,4-7H2,1H3,(H3,15,16). The summed E-state index contributed by atoms with van der Waals surface area (Å²) in [6.45, 7) is 1.66. The minimum absolute atomic E-state index is 0.0935.